The number of benzene rings is 1. The van der Waals surface area contributed by atoms with Crippen molar-refractivity contribution in [1.82, 2.24) is 40.3 Å². The molecule has 2 aromatic heterocycles. The van der Waals surface area contributed by atoms with Crippen molar-refractivity contribution in [3.8, 4) is 0 Å². The van der Waals surface area contributed by atoms with Gasteiger partial charge in [-0.15, -0.1) is 0 Å². The zero-order chi connectivity index (χ0) is 39.8. The molecule has 3 heterocycles. The second kappa shape index (κ2) is 18.1. The van der Waals surface area contributed by atoms with Gasteiger partial charge >= 0.3 is 12.1 Å². The fourth-order valence-corrected chi connectivity index (χ4v) is 6.68. The summed E-state index contributed by atoms with van der Waals surface area (Å²) in [7, 11) is 0. The summed E-state index contributed by atoms with van der Waals surface area (Å²) in [5.74, 6) is -0.372. The highest BCUT2D eigenvalue weighted by Crippen LogP contribution is 2.24. The Morgan fingerprint density at radius 1 is 0.963 bits per heavy atom. The van der Waals surface area contributed by atoms with Crippen molar-refractivity contribution in [1.29, 1.82) is 0 Å². The smallest absolute Gasteiger partial charge is 0.405 e. The monoisotopic (exact) mass is 748 g/mol. The Labute approximate surface area is 319 Å². The number of imidazole rings is 1. The van der Waals surface area contributed by atoms with E-state index in [1.807, 2.05) is 73.0 Å². The number of carboxylic acid groups (broad SMARTS) is 1. The Morgan fingerprint density at radius 3 is 2.28 bits per heavy atom. The van der Waals surface area contributed by atoms with E-state index >= 15 is 0 Å². The summed E-state index contributed by atoms with van der Waals surface area (Å²) in [6.45, 7) is 16.9. The van der Waals surface area contributed by atoms with Gasteiger partial charge < -0.3 is 35.0 Å². The van der Waals surface area contributed by atoms with Crippen LogP contribution < -0.4 is 16.1 Å². The van der Waals surface area contributed by atoms with Crippen molar-refractivity contribution in [3.05, 3.63) is 72.3 Å². The van der Waals surface area contributed by atoms with E-state index in [9.17, 15) is 29.4 Å². The largest absolute Gasteiger partial charge is 0.465 e. The number of hydrogen-bond acceptors (Lipinski definition) is 7. The molecule has 1 saturated heterocycles. The minimum atomic E-state index is -1.32. The van der Waals surface area contributed by atoms with Crippen molar-refractivity contribution in [2.45, 2.75) is 105 Å². The highest BCUT2D eigenvalue weighted by molar-refractivity contribution is 5.88. The topological polar surface area (TPSA) is 172 Å². The van der Waals surface area contributed by atoms with E-state index in [0.717, 1.165) is 16.9 Å². The summed E-state index contributed by atoms with van der Waals surface area (Å²) < 4.78 is 1.95. The number of urea groups is 1. The van der Waals surface area contributed by atoms with Crippen LogP contribution in [0.3, 0.4) is 0 Å². The van der Waals surface area contributed by atoms with Crippen LogP contribution in [0.15, 0.2) is 60.9 Å². The Morgan fingerprint density at radius 2 is 1.65 bits per heavy atom. The molecule has 5 atom stereocenters. The maximum absolute atomic E-state index is 14.4. The zero-order valence-electron chi connectivity index (χ0n) is 33.1. The molecule has 0 radical (unpaired) electrons. The van der Waals surface area contributed by atoms with Crippen LogP contribution in [-0.2, 0) is 22.6 Å². The van der Waals surface area contributed by atoms with E-state index in [4.69, 9.17) is 0 Å². The number of hydrazine groups is 1. The number of pyridine rings is 1. The fourth-order valence-electron chi connectivity index (χ4n) is 6.68. The van der Waals surface area contributed by atoms with Crippen molar-refractivity contribution in [3.63, 3.8) is 0 Å². The number of carbonyl (C=O) groups is 4. The average Bonchev–Trinajstić information content (AvgIpc) is 3.68. The SMILES string of the molecule is CCC(C)C(C(=O)NC(Cc1ccccc1)C(O)CN(CCC(C)(C)C)NC(=O)C(NC(=O)O)C(C)(C)C)N1CCN(Cc2ncc3ccccn23)C1=O. The third kappa shape index (κ3) is 11.4. The van der Waals surface area contributed by atoms with Gasteiger partial charge in [-0.25, -0.2) is 19.6 Å². The molecule has 3 aromatic rings. The van der Waals surface area contributed by atoms with Gasteiger partial charge in [0.2, 0.25) is 5.91 Å². The van der Waals surface area contributed by atoms with E-state index in [-0.39, 0.29) is 29.8 Å². The van der Waals surface area contributed by atoms with Crippen molar-refractivity contribution in [2.75, 3.05) is 26.2 Å². The highest BCUT2D eigenvalue weighted by atomic mass is 16.4. The van der Waals surface area contributed by atoms with E-state index in [2.05, 4.69) is 41.8 Å². The van der Waals surface area contributed by atoms with Crippen LogP contribution in [0.1, 0.15) is 79.6 Å². The molecule has 0 bridgehead atoms. The molecule has 0 saturated carbocycles. The van der Waals surface area contributed by atoms with Gasteiger partial charge in [0.25, 0.3) is 5.91 Å². The Hall–Kier alpha value is -4.69. The zero-order valence-corrected chi connectivity index (χ0v) is 33.1. The normalized spacial score (nSPS) is 16.6. The van der Waals surface area contributed by atoms with Crippen LogP contribution in [0.4, 0.5) is 9.59 Å². The number of hydrogen-bond donors (Lipinski definition) is 5. The molecule has 1 aliphatic heterocycles. The molecule has 296 valence electrons. The van der Waals surface area contributed by atoms with Crippen molar-refractivity contribution >= 4 is 29.5 Å². The van der Waals surface area contributed by atoms with Gasteiger partial charge in [0.05, 0.1) is 30.4 Å². The third-order valence-corrected chi connectivity index (χ3v) is 10.1. The number of nitrogens with one attached hydrogen (secondary N) is 3. The number of carbonyl (C=O) groups excluding carboxylic acids is 3. The van der Waals surface area contributed by atoms with Gasteiger partial charge in [0.1, 0.15) is 17.9 Å². The van der Waals surface area contributed by atoms with Crippen molar-refractivity contribution in [2.24, 2.45) is 16.7 Å². The van der Waals surface area contributed by atoms with Gasteiger partial charge in [-0.1, -0.05) is 98.2 Å². The lowest BCUT2D eigenvalue weighted by Crippen LogP contribution is -2.60. The summed E-state index contributed by atoms with van der Waals surface area (Å²) in [5, 5.41) is 28.5. The standard InChI is InChI=1S/C40H60N8O6/c1-9-27(2)33(48-22-21-45(38(48)54)26-32-41-24-29-17-13-14-19-47(29)32)35(50)42-30(23-28-15-11-10-12-16-28)31(49)25-46(20-18-39(3,4)5)44-36(51)34(40(6,7)8)43-37(52)53/h10-17,19,24,27,30-31,33-34,43,49H,9,18,20-23,25-26H2,1-8H3,(H,42,50)(H,44,51)(H,52,53). The Balaban J connectivity index is 1.57. The maximum atomic E-state index is 14.4. The molecular formula is C40H60N8O6. The summed E-state index contributed by atoms with van der Waals surface area (Å²) in [6, 6.07) is 12.4. The minimum Gasteiger partial charge on any atom is -0.465 e. The minimum absolute atomic E-state index is 0.0494. The second-order valence-corrected chi connectivity index (χ2v) is 16.8. The number of nitrogens with zero attached hydrogens (tertiary/aromatic N) is 5. The first-order valence-electron chi connectivity index (χ1n) is 18.9. The first-order chi connectivity index (χ1) is 25.4. The Kier molecular flexibility index (Phi) is 14.1. The number of rotatable bonds is 17. The highest BCUT2D eigenvalue weighted by Gasteiger charge is 2.41. The van der Waals surface area contributed by atoms with Gasteiger partial charge in [-0.3, -0.25) is 15.0 Å². The molecule has 1 aliphatic rings. The molecule has 5 amide bonds. The molecule has 4 rings (SSSR count). The lowest BCUT2D eigenvalue weighted by atomic mass is 9.86. The lowest BCUT2D eigenvalue weighted by Gasteiger charge is -2.36. The summed E-state index contributed by atoms with van der Waals surface area (Å²) in [6.07, 6.45) is 2.79. The summed E-state index contributed by atoms with van der Waals surface area (Å²) in [5.41, 5.74) is 3.84. The van der Waals surface area contributed by atoms with Crippen LogP contribution >= 0.6 is 0 Å². The first kappa shape index (κ1) is 42.1. The van der Waals surface area contributed by atoms with Crippen LogP contribution in [0.2, 0.25) is 0 Å². The lowest BCUT2D eigenvalue weighted by molar-refractivity contribution is -0.132. The Bertz CT molecular complexity index is 1720. The molecule has 14 heteroatoms. The van der Waals surface area contributed by atoms with E-state index in [1.54, 1.807) is 41.8 Å². The number of amides is 5. The van der Waals surface area contributed by atoms with E-state index in [0.29, 0.717) is 45.4 Å². The quantitative estimate of drug-likeness (QED) is 0.125. The third-order valence-electron chi connectivity index (χ3n) is 10.1. The van der Waals surface area contributed by atoms with Crippen LogP contribution in [0.5, 0.6) is 0 Å². The predicted molar refractivity (Wildman–Crippen MR) is 207 cm³/mol. The van der Waals surface area contributed by atoms with Gasteiger partial charge in [-0.05, 0) is 47.3 Å². The molecule has 0 spiro atoms. The van der Waals surface area contributed by atoms with Gasteiger partial charge in [0, 0.05) is 32.4 Å². The van der Waals surface area contributed by atoms with E-state index in [1.165, 1.54) is 0 Å². The molecule has 5 unspecified atom stereocenters. The number of aromatic nitrogens is 2. The average molecular weight is 749 g/mol. The first-order valence-corrected chi connectivity index (χ1v) is 18.9. The van der Waals surface area contributed by atoms with Crippen LogP contribution in [0.25, 0.3) is 5.52 Å². The molecular weight excluding hydrogens is 688 g/mol. The number of fused-ring (bicyclic) bond motifs is 1. The van der Waals surface area contributed by atoms with Crippen LogP contribution in [-0.4, -0.2) is 109 Å². The fraction of sp³-hybridized carbons (Fsp3) is 0.575. The molecule has 5 N–H and O–H groups in total. The van der Waals surface area contributed by atoms with Gasteiger partial charge in [0.15, 0.2) is 0 Å². The molecule has 0 aliphatic carbocycles. The van der Waals surface area contributed by atoms with E-state index < -0.39 is 41.6 Å². The summed E-state index contributed by atoms with van der Waals surface area (Å²) in [4.78, 5) is 61.4. The van der Waals surface area contributed by atoms with Gasteiger partial charge in [-0.2, -0.15) is 0 Å². The molecule has 54 heavy (non-hydrogen) atoms. The summed E-state index contributed by atoms with van der Waals surface area (Å²) >= 11 is 0. The van der Waals surface area contributed by atoms with Crippen LogP contribution in [0, 0.1) is 16.7 Å². The number of aliphatic hydroxyl groups excluding tert-OH is 1. The second-order valence-electron chi connectivity index (χ2n) is 16.8. The molecule has 1 aromatic carbocycles. The number of aliphatic hydroxyl groups is 1. The molecule has 14 nitrogen and oxygen atoms in total. The predicted octanol–water partition coefficient (Wildman–Crippen LogP) is 4.53. The van der Waals surface area contributed by atoms with Crippen molar-refractivity contribution < 1.29 is 29.4 Å². The maximum Gasteiger partial charge on any atom is 0.405 e. The molecule has 1 fully saturated rings.